The second-order valence-electron chi connectivity index (χ2n) is 7.28. The molecule has 0 aliphatic carbocycles. The molecule has 3 rings (SSSR count). The Labute approximate surface area is 186 Å². The minimum Gasteiger partial charge on any atom is -0.440 e. The summed E-state index contributed by atoms with van der Waals surface area (Å²) in [5.41, 5.74) is 3.42. The van der Waals surface area contributed by atoms with E-state index in [2.05, 4.69) is 10.3 Å². The van der Waals surface area contributed by atoms with Gasteiger partial charge in [-0.3, -0.25) is 9.59 Å². The van der Waals surface area contributed by atoms with Crippen LogP contribution in [-0.4, -0.2) is 48.5 Å². The molecular formula is C23H27N3O4S. The summed E-state index contributed by atoms with van der Waals surface area (Å²) in [5, 5.41) is 4.85. The maximum Gasteiger partial charge on any atom is 0.244 e. The van der Waals surface area contributed by atoms with Gasteiger partial charge in [0.15, 0.2) is 0 Å². The van der Waals surface area contributed by atoms with Crippen molar-refractivity contribution in [3.05, 3.63) is 58.3 Å². The van der Waals surface area contributed by atoms with Crippen LogP contribution >= 0.6 is 11.3 Å². The molecule has 31 heavy (non-hydrogen) atoms. The van der Waals surface area contributed by atoms with Crippen LogP contribution in [0.5, 0.6) is 0 Å². The van der Waals surface area contributed by atoms with E-state index in [-0.39, 0.29) is 24.8 Å². The molecule has 3 aromatic rings. The lowest BCUT2D eigenvalue weighted by molar-refractivity contribution is -0.134. The maximum atomic E-state index is 13.0. The van der Waals surface area contributed by atoms with Gasteiger partial charge in [0.25, 0.3) is 0 Å². The van der Waals surface area contributed by atoms with Gasteiger partial charge in [-0.1, -0.05) is 18.2 Å². The predicted molar refractivity (Wildman–Crippen MR) is 121 cm³/mol. The average Bonchev–Trinajstić information content (AvgIpc) is 3.39. The molecule has 0 atom stereocenters. The van der Waals surface area contributed by atoms with Crippen molar-refractivity contribution in [3.63, 3.8) is 0 Å². The Morgan fingerprint density at radius 2 is 2.00 bits per heavy atom. The van der Waals surface area contributed by atoms with Crippen LogP contribution in [0.15, 0.2) is 40.1 Å². The highest BCUT2D eigenvalue weighted by atomic mass is 32.1. The standard InChI is InChI=1S/C23H27N3O4S/c1-15-7-5-8-18(16(15)2)24-21(27)14-26(10-11-29-4)22(28)13-19-17(3)30-23(25-19)20-9-6-12-31-20/h5-9,12H,10-11,13-14H2,1-4H3,(H,24,27). The Morgan fingerprint density at radius 1 is 1.19 bits per heavy atom. The van der Waals surface area contributed by atoms with Crippen molar-refractivity contribution >= 4 is 28.8 Å². The van der Waals surface area contributed by atoms with E-state index < -0.39 is 0 Å². The Morgan fingerprint density at radius 3 is 2.71 bits per heavy atom. The average molecular weight is 442 g/mol. The predicted octanol–water partition coefficient (Wildman–Crippen LogP) is 3.98. The number of carbonyl (C=O) groups is 2. The first-order valence-corrected chi connectivity index (χ1v) is 10.9. The first-order chi connectivity index (χ1) is 14.9. The fraction of sp³-hybridized carbons (Fsp3) is 0.348. The number of nitrogens with zero attached hydrogens (tertiary/aromatic N) is 2. The van der Waals surface area contributed by atoms with Gasteiger partial charge in [0, 0.05) is 19.3 Å². The van der Waals surface area contributed by atoms with Gasteiger partial charge in [0.05, 0.1) is 30.1 Å². The zero-order valence-corrected chi connectivity index (χ0v) is 19.0. The Balaban J connectivity index is 1.69. The summed E-state index contributed by atoms with van der Waals surface area (Å²) >= 11 is 1.52. The van der Waals surface area contributed by atoms with Crippen molar-refractivity contribution in [2.24, 2.45) is 0 Å². The number of hydrogen-bond acceptors (Lipinski definition) is 6. The van der Waals surface area contributed by atoms with E-state index in [4.69, 9.17) is 9.15 Å². The molecule has 2 amide bonds. The minimum absolute atomic E-state index is 0.0567. The largest absolute Gasteiger partial charge is 0.440 e. The lowest BCUT2D eigenvalue weighted by Crippen LogP contribution is -2.41. The molecular weight excluding hydrogens is 414 g/mol. The fourth-order valence-corrected chi connectivity index (χ4v) is 3.74. The lowest BCUT2D eigenvalue weighted by Gasteiger charge is -2.22. The van der Waals surface area contributed by atoms with Crippen molar-refractivity contribution in [3.8, 4) is 10.8 Å². The van der Waals surface area contributed by atoms with Gasteiger partial charge in [-0.05, 0) is 49.4 Å². The number of nitrogens with one attached hydrogen (secondary N) is 1. The molecule has 0 aliphatic rings. The van der Waals surface area contributed by atoms with E-state index >= 15 is 0 Å². The SMILES string of the molecule is COCCN(CC(=O)Nc1cccc(C)c1C)C(=O)Cc1nc(-c2cccs2)oc1C. The third kappa shape index (κ3) is 5.80. The summed E-state index contributed by atoms with van der Waals surface area (Å²) in [6, 6.07) is 9.58. The van der Waals surface area contributed by atoms with E-state index in [1.165, 1.54) is 16.2 Å². The van der Waals surface area contributed by atoms with Crippen LogP contribution < -0.4 is 5.32 Å². The Bertz CT molecular complexity index is 1040. The zero-order chi connectivity index (χ0) is 22.4. The number of carbonyl (C=O) groups excluding carboxylic acids is 2. The van der Waals surface area contributed by atoms with Gasteiger partial charge >= 0.3 is 0 Å². The third-order valence-electron chi connectivity index (χ3n) is 5.07. The number of oxazole rings is 1. The number of amides is 2. The molecule has 164 valence electrons. The van der Waals surface area contributed by atoms with Crippen molar-refractivity contribution in [1.82, 2.24) is 9.88 Å². The second kappa shape index (κ2) is 10.4. The number of rotatable bonds is 9. The number of methoxy groups -OCH3 is 1. The van der Waals surface area contributed by atoms with Crippen molar-refractivity contribution in [2.45, 2.75) is 27.2 Å². The topological polar surface area (TPSA) is 84.7 Å². The summed E-state index contributed by atoms with van der Waals surface area (Å²) < 4.78 is 10.9. The normalized spacial score (nSPS) is 10.8. The van der Waals surface area contributed by atoms with Crippen LogP contribution in [0.25, 0.3) is 10.8 Å². The molecule has 2 aromatic heterocycles. The van der Waals surface area contributed by atoms with Crippen LogP contribution in [0.1, 0.15) is 22.6 Å². The second-order valence-corrected chi connectivity index (χ2v) is 8.23. The van der Waals surface area contributed by atoms with Crippen LogP contribution in [0.3, 0.4) is 0 Å². The number of aromatic nitrogens is 1. The summed E-state index contributed by atoms with van der Waals surface area (Å²) in [6.45, 7) is 6.32. The molecule has 7 nitrogen and oxygen atoms in total. The van der Waals surface area contributed by atoms with E-state index in [9.17, 15) is 9.59 Å². The van der Waals surface area contributed by atoms with Crippen molar-refractivity contribution < 1.29 is 18.7 Å². The molecule has 1 aromatic carbocycles. The minimum atomic E-state index is -0.255. The quantitative estimate of drug-likeness (QED) is 0.543. The molecule has 2 heterocycles. The van der Waals surface area contributed by atoms with Gasteiger partial charge in [0.1, 0.15) is 5.76 Å². The highest BCUT2D eigenvalue weighted by molar-refractivity contribution is 7.13. The van der Waals surface area contributed by atoms with Crippen molar-refractivity contribution in [1.29, 1.82) is 0 Å². The van der Waals surface area contributed by atoms with Gasteiger partial charge in [-0.15, -0.1) is 11.3 Å². The van der Waals surface area contributed by atoms with Crippen LogP contribution in [0.2, 0.25) is 0 Å². The first kappa shape index (κ1) is 22.7. The monoisotopic (exact) mass is 441 g/mol. The summed E-state index contributed by atoms with van der Waals surface area (Å²) in [7, 11) is 1.56. The Hall–Kier alpha value is -2.97. The van der Waals surface area contributed by atoms with E-state index in [0.717, 1.165) is 21.7 Å². The number of aryl methyl sites for hydroxylation is 2. The molecule has 8 heteroatoms. The Kier molecular flexibility index (Phi) is 7.59. The summed E-state index contributed by atoms with van der Waals surface area (Å²) in [4.78, 5) is 32.5. The van der Waals surface area contributed by atoms with Gasteiger partial charge < -0.3 is 19.4 Å². The molecule has 1 N–H and O–H groups in total. The molecule has 0 unspecified atom stereocenters. The smallest absolute Gasteiger partial charge is 0.244 e. The van der Waals surface area contributed by atoms with Gasteiger partial charge in [-0.25, -0.2) is 4.98 Å². The first-order valence-electron chi connectivity index (χ1n) is 10.0. The molecule has 0 spiro atoms. The summed E-state index contributed by atoms with van der Waals surface area (Å²) in [5.74, 6) is 0.645. The number of ether oxygens (including phenoxy) is 1. The fourth-order valence-electron chi connectivity index (χ4n) is 3.10. The molecule has 0 aliphatic heterocycles. The number of hydrogen-bond donors (Lipinski definition) is 1. The molecule has 0 radical (unpaired) electrons. The highest BCUT2D eigenvalue weighted by Crippen LogP contribution is 2.26. The third-order valence-corrected chi connectivity index (χ3v) is 5.93. The van der Waals surface area contributed by atoms with Gasteiger partial charge in [0.2, 0.25) is 17.7 Å². The molecule has 0 saturated carbocycles. The van der Waals surface area contributed by atoms with Gasteiger partial charge in [-0.2, -0.15) is 0 Å². The molecule has 0 saturated heterocycles. The number of thiophene rings is 1. The molecule has 0 bridgehead atoms. The summed E-state index contributed by atoms with van der Waals surface area (Å²) in [6.07, 6.45) is 0.0567. The lowest BCUT2D eigenvalue weighted by atomic mass is 10.1. The van der Waals surface area contributed by atoms with E-state index in [1.54, 1.807) is 14.0 Å². The molecule has 0 fully saturated rings. The van der Waals surface area contributed by atoms with Crippen molar-refractivity contribution in [2.75, 3.05) is 32.1 Å². The van der Waals surface area contributed by atoms with Crippen LogP contribution in [-0.2, 0) is 20.7 Å². The number of anilines is 1. The zero-order valence-electron chi connectivity index (χ0n) is 18.2. The number of benzene rings is 1. The van der Waals surface area contributed by atoms with E-state index in [1.807, 2.05) is 49.6 Å². The van der Waals surface area contributed by atoms with E-state index in [0.29, 0.717) is 30.5 Å². The maximum absolute atomic E-state index is 13.0. The van der Waals surface area contributed by atoms with Crippen LogP contribution in [0, 0.1) is 20.8 Å². The van der Waals surface area contributed by atoms with Crippen LogP contribution in [0.4, 0.5) is 5.69 Å². The highest BCUT2D eigenvalue weighted by Gasteiger charge is 2.21.